The molecule has 1 aliphatic heterocycles. The quantitative estimate of drug-likeness (QED) is 0.835. The molecule has 2 amide bonds. The summed E-state index contributed by atoms with van der Waals surface area (Å²) < 4.78 is 0. The Kier molecular flexibility index (Phi) is 3.74. The van der Waals surface area contributed by atoms with Crippen LogP contribution < -0.4 is 5.73 Å². The Hall–Kier alpha value is -2.04. The van der Waals surface area contributed by atoms with Crippen LogP contribution in [0.4, 0.5) is 0 Å². The van der Waals surface area contributed by atoms with E-state index in [1.165, 1.54) is 6.07 Å². The van der Waals surface area contributed by atoms with Crippen molar-refractivity contribution in [1.29, 1.82) is 0 Å². The summed E-state index contributed by atoms with van der Waals surface area (Å²) in [5.41, 5.74) is 6.49. The molecular weight excluding hydrogens is 244 g/mol. The number of piperidine rings is 1. The van der Waals surface area contributed by atoms with E-state index in [-0.39, 0.29) is 29.0 Å². The zero-order chi connectivity index (χ0) is 14.0. The summed E-state index contributed by atoms with van der Waals surface area (Å²) in [6.07, 6.45) is 1.48. The molecule has 1 atom stereocenters. The average molecular weight is 262 g/mol. The number of phenols is 1. The summed E-state index contributed by atoms with van der Waals surface area (Å²) in [5.74, 6) is -0.931. The Labute approximate surface area is 112 Å². The lowest BCUT2D eigenvalue weighted by Crippen LogP contribution is -2.44. The number of phenolic OH excluding ortho intramolecular Hbond substituents is 1. The summed E-state index contributed by atoms with van der Waals surface area (Å²) in [7, 11) is 0. The Balaban J connectivity index is 2.19. The van der Waals surface area contributed by atoms with E-state index in [0.717, 1.165) is 18.4 Å². The van der Waals surface area contributed by atoms with E-state index in [9.17, 15) is 14.7 Å². The van der Waals surface area contributed by atoms with Crippen molar-refractivity contribution in [3.63, 3.8) is 0 Å². The number of hydrogen-bond acceptors (Lipinski definition) is 3. The summed E-state index contributed by atoms with van der Waals surface area (Å²) in [4.78, 5) is 25.2. The van der Waals surface area contributed by atoms with E-state index in [4.69, 9.17) is 5.73 Å². The van der Waals surface area contributed by atoms with Crippen LogP contribution in [0, 0.1) is 12.8 Å². The molecule has 102 valence electrons. The van der Waals surface area contributed by atoms with Crippen molar-refractivity contribution < 1.29 is 14.7 Å². The number of primary amides is 1. The van der Waals surface area contributed by atoms with Crippen LogP contribution in [0.3, 0.4) is 0 Å². The first-order valence-corrected chi connectivity index (χ1v) is 6.37. The lowest BCUT2D eigenvalue weighted by atomic mass is 9.96. The number of likely N-dealkylation sites (tertiary alicyclic amines) is 1. The highest BCUT2D eigenvalue weighted by Crippen LogP contribution is 2.23. The van der Waals surface area contributed by atoms with Crippen molar-refractivity contribution in [2.45, 2.75) is 19.8 Å². The van der Waals surface area contributed by atoms with E-state index in [1.54, 1.807) is 17.0 Å². The maximum absolute atomic E-state index is 12.4. The fourth-order valence-electron chi connectivity index (χ4n) is 2.39. The Morgan fingerprint density at radius 2 is 2.16 bits per heavy atom. The first-order chi connectivity index (χ1) is 8.99. The molecule has 1 aromatic rings. The van der Waals surface area contributed by atoms with Gasteiger partial charge in [-0.05, 0) is 31.9 Å². The van der Waals surface area contributed by atoms with Gasteiger partial charge < -0.3 is 15.7 Å². The molecule has 0 aromatic heterocycles. The number of benzene rings is 1. The standard InChI is InChI=1S/C14H18N2O3/c1-9-4-5-12(17)11(7-9)14(19)16-6-2-3-10(8-16)13(15)18/h4-5,7,10,17H,2-3,6,8H2,1H3,(H2,15,18). The molecule has 1 aromatic carbocycles. The zero-order valence-corrected chi connectivity index (χ0v) is 10.9. The smallest absolute Gasteiger partial charge is 0.257 e. The number of hydrogen-bond donors (Lipinski definition) is 2. The van der Waals surface area contributed by atoms with Crippen molar-refractivity contribution in [2.24, 2.45) is 11.7 Å². The van der Waals surface area contributed by atoms with E-state index in [1.807, 2.05) is 6.92 Å². The van der Waals surface area contributed by atoms with Gasteiger partial charge in [0.15, 0.2) is 0 Å². The molecule has 5 nitrogen and oxygen atoms in total. The first kappa shape index (κ1) is 13.4. The number of aromatic hydroxyl groups is 1. The summed E-state index contributed by atoms with van der Waals surface area (Å²) in [6, 6.07) is 4.91. The van der Waals surface area contributed by atoms with E-state index >= 15 is 0 Å². The van der Waals surface area contributed by atoms with Crippen molar-refractivity contribution >= 4 is 11.8 Å². The molecule has 0 radical (unpaired) electrons. The fraction of sp³-hybridized carbons (Fsp3) is 0.429. The number of carbonyl (C=O) groups is 2. The van der Waals surface area contributed by atoms with Crippen molar-refractivity contribution in [2.75, 3.05) is 13.1 Å². The first-order valence-electron chi connectivity index (χ1n) is 6.37. The fourth-order valence-corrected chi connectivity index (χ4v) is 2.39. The van der Waals surface area contributed by atoms with Crippen LogP contribution in [0.1, 0.15) is 28.8 Å². The molecule has 1 saturated heterocycles. The van der Waals surface area contributed by atoms with Crippen molar-refractivity contribution in [1.82, 2.24) is 4.90 Å². The molecule has 1 aliphatic rings. The Morgan fingerprint density at radius 3 is 2.84 bits per heavy atom. The minimum absolute atomic E-state index is 0.0307. The van der Waals surface area contributed by atoms with Gasteiger partial charge in [0.05, 0.1) is 11.5 Å². The number of aryl methyl sites for hydroxylation is 1. The number of nitrogens with two attached hydrogens (primary N) is 1. The molecular formula is C14H18N2O3. The molecule has 0 aliphatic carbocycles. The maximum Gasteiger partial charge on any atom is 0.257 e. The average Bonchev–Trinajstić information content (AvgIpc) is 2.41. The highest BCUT2D eigenvalue weighted by Gasteiger charge is 2.28. The lowest BCUT2D eigenvalue weighted by molar-refractivity contribution is -0.123. The number of carbonyl (C=O) groups excluding carboxylic acids is 2. The van der Waals surface area contributed by atoms with Gasteiger partial charge in [0.2, 0.25) is 5.91 Å². The number of amides is 2. The van der Waals surface area contributed by atoms with Gasteiger partial charge in [-0.1, -0.05) is 11.6 Å². The third-order valence-electron chi connectivity index (χ3n) is 3.49. The van der Waals surface area contributed by atoms with E-state index in [0.29, 0.717) is 13.1 Å². The van der Waals surface area contributed by atoms with Crippen molar-refractivity contribution in [3.05, 3.63) is 29.3 Å². The molecule has 5 heteroatoms. The van der Waals surface area contributed by atoms with Crippen molar-refractivity contribution in [3.8, 4) is 5.75 Å². The van der Waals surface area contributed by atoms with Gasteiger partial charge in [0.1, 0.15) is 5.75 Å². The molecule has 0 bridgehead atoms. The normalized spacial score (nSPS) is 19.2. The van der Waals surface area contributed by atoms with E-state index in [2.05, 4.69) is 0 Å². The van der Waals surface area contributed by atoms with Gasteiger partial charge in [0, 0.05) is 13.1 Å². The molecule has 1 unspecified atom stereocenters. The van der Waals surface area contributed by atoms with Crippen LogP contribution in [0.5, 0.6) is 5.75 Å². The highest BCUT2D eigenvalue weighted by atomic mass is 16.3. The van der Waals surface area contributed by atoms with Crippen LogP contribution in [-0.4, -0.2) is 34.9 Å². The van der Waals surface area contributed by atoms with Crippen LogP contribution in [-0.2, 0) is 4.79 Å². The van der Waals surface area contributed by atoms with Gasteiger partial charge in [-0.2, -0.15) is 0 Å². The van der Waals surface area contributed by atoms with Gasteiger partial charge in [-0.15, -0.1) is 0 Å². The minimum Gasteiger partial charge on any atom is -0.507 e. The second-order valence-corrected chi connectivity index (χ2v) is 5.01. The van der Waals surface area contributed by atoms with Gasteiger partial charge in [-0.25, -0.2) is 0 Å². The van der Waals surface area contributed by atoms with E-state index < -0.39 is 0 Å². The second-order valence-electron chi connectivity index (χ2n) is 5.01. The van der Waals surface area contributed by atoms with Crippen LogP contribution in [0.2, 0.25) is 0 Å². The Bertz CT molecular complexity index is 513. The molecule has 0 spiro atoms. The molecule has 2 rings (SSSR count). The molecule has 1 heterocycles. The number of rotatable bonds is 2. The monoisotopic (exact) mass is 262 g/mol. The van der Waals surface area contributed by atoms with Gasteiger partial charge in [-0.3, -0.25) is 9.59 Å². The predicted octanol–water partition coefficient (Wildman–Crippen LogP) is 1.04. The predicted molar refractivity (Wildman–Crippen MR) is 70.7 cm³/mol. The maximum atomic E-state index is 12.4. The minimum atomic E-state index is -0.369. The van der Waals surface area contributed by atoms with Gasteiger partial charge in [0.25, 0.3) is 5.91 Å². The molecule has 19 heavy (non-hydrogen) atoms. The highest BCUT2D eigenvalue weighted by molar-refractivity contribution is 5.97. The lowest BCUT2D eigenvalue weighted by Gasteiger charge is -2.31. The third-order valence-corrected chi connectivity index (χ3v) is 3.49. The molecule has 1 fully saturated rings. The Morgan fingerprint density at radius 1 is 1.42 bits per heavy atom. The molecule has 0 saturated carbocycles. The third kappa shape index (κ3) is 2.86. The topological polar surface area (TPSA) is 83.6 Å². The zero-order valence-electron chi connectivity index (χ0n) is 10.9. The summed E-state index contributed by atoms with van der Waals surface area (Å²) >= 11 is 0. The largest absolute Gasteiger partial charge is 0.507 e. The van der Waals surface area contributed by atoms with Crippen LogP contribution in [0.15, 0.2) is 18.2 Å². The second kappa shape index (κ2) is 5.30. The van der Waals surface area contributed by atoms with Crippen LogP contribution >= 0.6 is 0 Å². The summed E-state index contributed by atoms with van der Waals surface area (Å²) in [6.45, 7) is 2.79. The van der Waals surface area contributed by atoms with Crippen LogP contribution in [0.25, 0.3) is 0 Å². The van der Waals surface area contributed by atoms with Gasteiger partial charge >= 0.3 is 0 Å². The number of nitrogens with zero attached hydrogens (tertiary/aromatic N) is 1. The summed E-state index contributed by atoms with van der Waals surface area (Å²) in [5, 5.41) is 9.77. The molecule has 3 N–H and O–H groups in total. The SMILES string of the molecule is Cc1ccc(O)c(C(=O)N2CCCC(C(N)=O)C2)c1.